The quantitative estimate of drug-likeness (QED) is 0.534. The Morgan fingerprint density at radius 3 is 2.41 bits per heavy atom. The molecule has 2 fully saturated rings. The number of fused-ring (bicyclic) bond motifs is 3. The van der Waals surface area contributed by atoms with Crippen LogP contribution in [0.2, 0.25) is 18.1 Å². The van der Waals surface area contributed by atoms with Crippen LogP contribution >= 0.6 is 0 Å². The molecule has 0 bridgehead atoms. The number of hydrogen-bond donors (Lipinski definition) is 0. The van der Waals surface area contributed by atoms with Gasteiger partial charge in [-0.05, 0) is 48.5 Å². The fraction of sp³-hybridized carbons (Fsp3) is 0.625. The molecule has 2 nitrogen and oxygen atoms in total. The molecule has 27 heavy (non-hydrogen) atoms. The molecule has 3 heteroatoms. The Labute approximate surface area is 166 Å². The third kappa shape index (κ3) is 3.49. The summed E-state index contributed by atoms with van der Waals surface area (Å²) in [5.74, 6) is 1.19. The number of allylic oxidation sites excluding steroid dienone is 1. The van der Waals surface area contributed by atoms with Gasteiger partial charge in [0, 0.05) is 23.1 Å². The molecular weight excluding hydrogens is 346 g/mol. The number of benzene rings is 1. The van der Waals surface area contributed by atoms with Crippen LogP contribution in [-0.4, -0.2) is 26.7 Å². The first kappa shape index (κ1) is 19.1. The summed E-state index contributed by atoms with van der Waals surface area (Å²) in [5.41, 5.74) is 6.05. The molecule has 3 aliphatic rings. The fourth-order valence-corrected chi connectivity index (χ4v) is 8.41. The van der Waals surface area contributed by atoms with Gasteiger partial charge in [0.2, 0.25) is 0 Å². The highest BCUT2D eigenvalue weighted by Gasteiger charge is 2.44. The van der Waals surface area contributed by atoms with Crippen LogP contribution in [0.1, 0.15) is 58.4 Å². The van der Waals surface area contributed by atoms with Gasteiger partial charge in [0.15, 0.2) is 8.24 Å². The van der Waals surface area contributed by atoms with Gasteiger partial charge in [-0.25, -0.2) is 0 Å². The van der Waals surface area contributed by atoms with Crippen LogP contribution in [0.4, 0.5) is 0 Å². The van der Waals surface area contributed by atoms with Gasteiger partial charge >= 0.3 is 0 Å². The highest BCUT2D eigenvalue weighted by Crippen LogP contribution is 2.49. The monoisotopic (exact) mass is 381 g/mol. The Hall–Kier alpha value is -1.19. The first-order valence-electron chi connectivity index (χ1n) is 11.2. The number of nitrogens with zero attached hydrogens (tertiary/aromatic N) is 1. The molecule has 4 rings (SSSR count). The van der Waals surface area contributed by atoms with Crippen molar-refractivity contribution in [3.8, 4) is 0 Å². The Morgan fingerprint density at radius 1 is 1.00 bits per heavy atom. The van der Waals surface area contributed by atoms with Crippen LogP contribution in [0.25, 0.3) is 5.57 Å². The van der Waals surface area contributed by atoms with Gasteiger partial charge in [0.05, 0.1) is 12.7 Å². The average molecular weight is 382 g/mol. The van der Waals surface area contributed by atoms with E-state index in [1.54, 1.807) is 5.57 Å². The molecule has 3 atom stereocenters. The topological polar surface area (TPSA) is 21.6 Å². The highest BCUT2D eigenvalue weighted by molar-refractivity contribution is 6.79. The second kappa shape index (κ2) is 8.04. The second-order valence-corrected chi connectivity index (χ2v) is 13.5. The van der Waals surface area contributed by atoms with E-state index >= 15 is 0 Å². The van der Waals surface area contributed by atoms with Crippen molar-refractivity contribution < 1.29 is 4.74 Å². The molecule has 1 aromatic carbocycles. The second-order valence-electron chi connectivity index (χ2n) is 8.70. The summed E-state index contributed by atoms with van der Waals surface area (Å²) in [7, 11) is -1.55. The van der Waals surface area contributed by atoms with Crippen molar-refractivity contribution in [3.05, 3.63) is 41.5 Å². The minimum absolute atomic E-state index is 0.452. The molecule has 0 N–H and O–H groups in total. The Bertz CT molecular complexity index is 711. The average Bonchev–Trinajstić information content (AvgIpc) is 3.11. The van der Waals surface area contributed by atoms with Crippen molar-refractivity contribution in [2.24, 2.45) is 16.5 Å². The first-order chi connectivity index (χ1) is 13.2. The zero-order chi connectivity index (χ0) is 18.9. The molecule has 2 aliphatic carbocycles. The van der Waals surface area contributed by atoms with Gasteiger partial charge in [0.1, 0.15) is 0 Å². The van der Waals surface area contributed by atoms with Crippen molar-refractivity contribution in [1.29, 1.82) is 0 Å². The van der Waals surface area contributed by atoms with Gasteiger partial charge in [-0.1, -0.05) is 63.9 Å². The molecule has 1 saturated heterocycles. The van der Waals surface area contributed by atoms with Crippen LogP contribution in [0.5, 0.6) is 0 Å². The lowest BCUT2D eigenvalue weighted by Crippen LogP contribution is -2.37. The van der Waals surface area contributed by atoms with E-state index in [2.05, 4.69) is 51.1 Å². The van der Waals surface area contributed by atoms with E-state index in [0.29, 0.717) is 17.9 Å². The number of rotatable bonds is 5. The minimum Gasteiger partial charge on any atom is -0.377 e. The molecular formula is C24H35NOSi. The standard InChI is InChI=1S/C24H35NOSi/c1-4-27(5-2,6-3)25-21-16-19-17-26-22-15-11-10-14-20(22)23(19)24(21)18-12-8-7-9-13-18/h7-9,12-13,19-20,22H,4-6,10-11,14-17H2,1-3H3/b25-21+/t19-,20+,22+/m0/s1. The van der Waals surface area contributed by atoms with Gasteiger partial charge in [-0.3, -0.25) is 0 Å². The van der Waals surface area contributed by atoms with Crippen molar-refractivity contribution in [2.45, 2.75) is 77.1 Å². The summed E-state index contributed by atoms with van der Waals surface area (Å²) in [5, 5.41) is 0. The van der Waals surface area contributed by atoms with Crippen LogP contribution < -0.4 is 0 Å². The zero-order valence-electron chi connectivity index (χ0n) is 17.3. The molecule has 1 saturated carbocycles. The molecule has 0 radical (unpaired) electrons. The van der Waals surface area contributed by atoms with Crippen LogP contribution in [0.3, 0.4) is 0 Å². The highest BCUT2D eigenvalue weighted by atomic mass is 28.3. The molecule has 0 amide bonds. The zero-order valence-corrected chi connectivity index (χ0v) is 18.3. The Balaban J connectivity index is 1.85. The number of hydrogen-bond acceptors (Lipinski definition) is 2. The Kier molecular flexibility index (Phi) is 5.70. The van der Waals surface area contributed by atoms with Crippen molar-refractivity contribution in [2.75, 3.05) is 6.61 Å². The van der Waals surface area contributed by atoms with E-state index in [-0.39, 0.29) is 0 Å². The predicted molar refractivity (Wildman–Crippen MR) is 118 cm³/mol. The maximum Gasteiger partial charge on any atom is 0.180 e. The lowest BCUT2D eigenvalue weighted by Gasteiger charge is -2.40. The van der Waals surface area contributed by atoms with Gasteiger partial charge in [-0.15, -0.1) is 0 Å². The summed E-state index contributed by atoms with van der Waals surface area (Å²) < 4.78 is 12.0. The summed E-state index contributed by atoms with van der Waals surface area (Å²) in [4.78, 5) is 0. The Morgan fingerprint density at radius 2 is 1.70 bits per heavy atom. The van der Waals surface area contributed by atoms with Gasteiger partial charge in [0.25, 0.3) is 0 Å². The lowest BCUT2D eigenvalue weighted by molar-refractivity contribution is -0.0404. The van der Waals surface area contributed by atoms with Gasteiger partial charge in [-0.2, -0.15) is 0 Å². The predicted octanol–water partition coefficient (Wildman–Crippen LogP) is 6.50. The molecule has 146 valence electrons. The van der Waals surface area contributed by atoms with E-state index in [1.807, 2.05) is 0 Å². The minimum atomic E-state index is -1.55. The van der Waals surface area contributed by atoms with Crippen molar-refractivity contribution in [1.82, 2.24) is 0 Å². The largest absolute Gasteiger partial charge is 0.377 e. The van der Waals surface area contributed by atoms with E-state index in [1.165, 1.54) is 60.7 Å². The van der Waals surface area contributed by atoms with E-state index in [4.69, 9.17) is 9.39 Å². The molecule has 0 unspecified atom stereocenters. The van der Waals surface area contributed by atoms with E-state index in [9.17, 15) is 0 Å². The third-order valence-corrected chi connectivity index (χ3v) is 12.2. The normalized spacial score (nSPS) is 29.7. The maximum atomic E-state index is 6.36. The fourth-order valence-electron chi connectivity index (χ4n) is 5.66. The molecule has 1 heterocycles. The maximum absolute atomic E-state index is 6.36. The van der Waals surface area contributed by atoms with Crippen molar-refractivity contribution >= 4 is 19.5 Å². The van der Waals surface area contributed by atoms with E-state index < -0.39 is 8.24 Å². The number of ether oxygens (including phenoxy) is 1. The molecule has 0 aromatic heterocycles. The van der Waals surface area contributed by atoms with Gasteiger partial charge < -0.3 is 9.39 Å². The first-order valence-corrected chi connectivity index (χ1v) is 13.8. The molecule has 0 spiro atoms. The van der Waals surface area contributed by atoms with Crippen LogP contribution in [0.15, 0.2) is 40.6 Å². The third-order valence-electron chi connectivity index (χ3n) is 7.48. The summed E-state index contributed by atoms with van der Waals surface area (Å²) >= 11 is 0. The van der Waals surface area contributed by atoms with Crippen LogP contribution in [0, 0.1) is 11.8 Å². The summed E-state index contributed by atoms with van der Waals surface area (Å²) in [6, 6.07) is 14.9. The SMILES string of the molecule is CC[Si](CC)(CC)/N=C1\C[C@H]2CO[C@@H]3CCCC[C@H]3C2=C1c1ccccc1. The van der Waals surface area contributed by atoms with Crippen molar-refractivity contribution in [3.63, 3.8) is 0 Å². The van der Waals surface area contributed by atoms with Crippen LogP contribution in [-0.2, 0) is 4.74 Å². The summed E-state index contributed by atoms with van der Waals surface area (Å²) in [6.07, 6.45) is 6.79. The molecule has 1 aliphatic heterocycles. The summed E-state index contributed by atoms with van der Waals surface area (Å²) in [6.45, 7) is 7.99. The smallest absolute Gasteiger partial charge is 0.180 e. The lowest BCUT2D eigenvalue weighted by atomic mass is 9.74. The van der Waals surface area contributed by atoms with E-state index in [0.717, 1.165) is 13.0 Å². The molecule has 1 aromatic rings.